The van der Waals surface area contributed by atoms with Crippen molar-refractivity contribution in [3.05, 3.63) is 69.7 Å². The summed E-state index contributed by atoms with van der Waals surface area (Å²) in [6.07, 6.45) is 1.02. The zero-order chi connectivity index (χ0) is 14.5. The van der Waals surface area contributed by atoms with E-state index in [1.54, 1.807) is 0 Å². The van der Waals surface area contributed by atoms with E-state index in [0.29, 0.717) is 6.04 Å². The van der Waals surface area contributed by atoms with E-state index in [9.17, 15) is 0 Å². The van der Waals surface area contributed by atoms with Gasteiger partial charge < -0.3 is 5.32 Å². The van der Waals surface area contributed by atoms with Gasteiger partial charge in [-0.1, -0.05) is 47.5 Å². The maximum Gasteiger partial charge on any atom is 0.0406 e. The van der Waals surface area contributed by atoms with Gasteiger partial charge in [0.05, 0.1) is 0 Å². The Morgan fingerprint density at radius 1 is 1.05 bits per heavy atom. The molecule has 0 radical (unpaired) electrons. The van der Waals surface area contributed by atoms with E-state index in [-0.39, 0.29) is 0 Å². The van der Waals surface area contributed by atoms with Crippen molar-refractivity contribution in [3.63, 3.8) is 0 Å². The molecule has 2 aromatic rings. The molecular weight excluding hydrogens is 266 g/mol. The summed E-state index contributed by atoms with van der Waals surface area (Å²) < 4.78 is 0. The third-order valence-electron chi connectivity index (χ3n) is 3.59. The summed E-state index contributed by atoms with van der Waals surface area (Å²) in [5.41, 5.74) is 5.37. The summed E-state index contributed by atoms with van der Waals surface area (Å²) in [6, 6.07) is 15.2. The largest absolute Gasteiger partial charge is 0.310 e. The van der Waals surface area contributed by atoms with E-state index in [4.69, 9.17) is 11.6 Å². The van der Waals surface area contributed by atoms with Crippen LogP contribution >= 0.6 is 11.6 Å². The Morgan fingerprint density at radius 3 is 2.40 bits per heavy atom. The summed E-state index contributed by atoms with van der Waals surface area (Å²) in [6.45, 7) is 7.44. The van der Waals surface area contributed by atoms with E-state index in [1.165, 1.54) is 22.3 Å². The van der Waals surface area contributed by atoms with Crippen LogP contribution in [0.3, 0.4) is 0 Å². The molecule has 0 aromatic heterocycles. The molecule has 0 aliphatic rings. The van der Waals surface area contributed by atoms with Crippen molar-refractivity contribution in [3.8, 4) is 0 Å². The Bertz CT molecular complexity index is 560. The van der Waals surface area contributed by atoms with E-state index in [1.807, 2.05) is 12.1 Å². The molecule has 2 aromatic carbocycles. The van der Waals surface area contributed by atoms with Crippen molar-refractivity contribution in [2.75, 3.05) is 0 Å². The Hall–Kier alpha value is -1.31. The normalized spacial score (nSPS) is 12.4. The van der Waals surface area contributed by atoms with Crippen LogP contribution in [-0.4, -0.2) is 6.04 Å². The van der Waals surface area contributed by atoms with Crippen LogP contribution in [0.25, 0.3) is 0 Å². The zero-order valence-electron chi connectivity index (χ0n) is 12.4. The SMILES string of the molecule is Cc1ccc(CNC(C)Cc2ccc(Cl)cc2)c(C)c1. The minimum Gasteiger partial charge on any atom is -0.310 e. The van der Waals surface area contributed by atoms with Gasteiger partial charge in [0.1, 0.15) is 0 Å². The van der Waals surface area contributed by atoms with Gasteiger partial charge in [0, 0.05) is 17.6 Å². The van der Waals surface area contributed by atoms with Crippen LogP contribution in [0.4, 0.5) is 0 Å². The third kappa shape index (κ3) is 4.36. The zero-order valence-corrected chi connectivity index (χ0v) is 13.2. The molecule has 1 nitrogen and oxygen atoms in total. The van der Waals surface area contributed by atoms with Gasteiger partial charge in [-0.3, -0.25) is 0 Å². The molecule has 1 atom stereocenters. The first-order chi connectivity index (χ1) is 9.54. The smallest absolute Gasteiger partial charge is 0.0406 e. The Kier molecular flexibility index (Phi) is 5.22. The lowest BCUT2D eigenvalue weighted by molar-refractivity contribution is 0.544. The molecule has 106 valence electrons. The topological polar surface area (TPSA) is 12.0 Å². The van der Waals surface area contributed by atoms with Gasteiger partial charge in [0.15, 0.2) is 0 Å². The third-order valence-corrected chi connectivity index (χ3v) is 3.85. The maximum absolute atomic E-state index is 5.90. The van der Waals surface area contributed by atoms with Gasteiger partial charge in [-0.05, 0) is 56.0 Å². The number of aryl methyl sites for hydroxylation is 2. The first-order valence-electron chi connectivity index (χ1n) is 7.08. The van der Waals surface area contributed by atoms with Gasteiger partial charge in [-0.2, -0.15) is 0 Å². The van der Waals surface area contributed by atoms with Gasteiger partial charge in [0.2, 0.25) is 0 Å². The second-order valence-corrected chi connectivity index (χ2v) is 5.98. The second kappa shape index (κ2) is 6.92. The van der Waals surface area contributed by atoms with Gasteiger partial charge in [-0.15, -0.1) is 0 Å². The highest BCUT2D eigenvalue weighted by molar-refractivity contribution is 6.30. The predicted octanol–water partition coefficient (Wildman–Crippen LogP) is 4.68. The number of hydrogen-bond acceptors (Lipinski definition) is 1. The van der Waals surface area contributed by atoms with Crippen molar-refractivity contribution < 1.29 is 0 Å². The van der Waals surface area contributed by atoms with Crippen molar-refractivity contribution in [2.45, 2.75) is 39.8 Å². The van der Waals surface area contributed by atoms with Crippen molar-refractivity contribution in [1.29, 1.82) is 0 Å². The van der Waals surface area contributed by atoms with Crippen LogP contribution in [-0.2, 0) is 13.0 Å². The molecule has 0 saturated carbocycles. The summed E-state index contributed by atoms with van der Waals surface area (Å²) >= 11 is 5.90. The fraction of sp³-hybridized carbons (Fsp3) is 0.333. The highest BCUT2D eigenvalue weighted by Crippen LogP contribution is 2.13. The van der Waals surface area contributed by atoms with Crippen molar-refractivity contribution in [1.82, 2.24) is 5.32 Å². The Balaban J connectivity index is 1.88. The standard InChI is InChI=1S/C18H22ClN/c1-13-4-7-17(14(2)10-13)12-20-15(3)11-16-5-8-18(19)9-6-16/h4-10,15,20H,11-12H2,1-3H3. The summed E-state index contributed by atoms with van der Waals surface area (Å²) in [4.78, 5) is 0. The minimum absolute atomic E-state index is 0.442. The molecule has 0 spiro atoms. The maximum atomic E-state index is 5.90. The average Bonchev–Trinajstić information content (AvgIpc) is 2.40. The Labute approximate surface area is 127 Å². The molecule has 0 amide bonds. The van der Waals surface area contributed by atoms with Crippen LogP contribution in [0.5, 0.6) is 0 Å². The number of nitrogens with one attached hydrogen (secondary N) is 1. The molecule has 0 aliphatic carbocycles. The van der Waals surface area contributed by atoms with E-state index >= 15 is 0 Å². The lowest BCUT2D eigenvalue weighted by Crippen LogP contribution is -2.27. The van der Waals surface area contributed by atoms with E-state index < -0.39 is 0 Å². The lowest BCUT2D eigenvalue weighted by atomic mass is 10.0. The number of halogens is 1. The molecule has 0 bridgehead atoms. The van der Waals surface area contributed by atoms with Crippen LogP contribution in [0.1, 0.15) is 29.2 Å². The van der Waals surface area contributed by atoms with Gasteiger partial charge in [0.25, 0.3) is 0 Å². The van der Waals surface area contributed by atoms with Crippen LogP contribution in [0.2, 0.25) is 5.02 Å². The van der Waals surface area contributed by atoms with Crippen molar-refractivity contribution >= 4 is 11.6 Å². The van der Waals surface area contributed by atoms with Crippen molar-refractivity contribution in [2.24, 2.45) is 0 Å². The predicted molar refractivity (Wildman–Crippen MR) is 87.4 cm³/mol. The number of hydrogen-bond donors (Lipinski definition) is 1. The van der Waals surface area contributed by atoms with E-state index in [2.05, 4.69) is 56.4 Å². The molecule has 2 rings (SSSR count). The van der Waals surface area contributed by atoms with E-state index in [0.717, 1.165) is 18.0 Å². The molecule has 0 aliphatic heterocycles. The molecule has 1 N–H and O–H groups in total. The number of rotatable bonds is 5. The molecular formula is C18H22ClN. The first-order valence-corrected chi connectivity index (χ1v) is 7.46. The minimum atomic E-state index is 0.442. The Morgan fingerprint density at radius 2 is 1.75 bits per heavy atom. The monoisotopic (exact) mass is 287 g/mol. The molecule has 0 heterocycles. The second-order valence-electron chi connectivity index (χ2n) is 5.54. The quantitative estimate of drug-likeness (QED) is 0.842. The fourth-order valence-electron chi connectivity index (χ4n) is 2.37. The molecule has 20 heavy (non-hydrogen) atoms. The number of benzene rings is 2. The van der Waals surface area contributed by atoms with Gasteiger partial charge >= 0.3 is 0 Å². The summed E-state index contributed by atoms with van der Waals surface area (Å²) in [7, 11) is 0. The lowest BCUT2D eigenvalue weighted by Gasteiger charge is -2.15. The highest BCUT2D eigenvalue weighted by Gasteiger charge is 2.05. The molecule has 0 saturated heterocycles. The first kappa shape index (κ1) is 15.1. The molecule has 0 fully saturated rings. The van der Waals surface area contributed by atoms with Crippen LogP contribution in [0.15, 0.2) is 42.5 Å². The molecule has 1 unspecified atom stereocenters. The summed E-state index contributed by atoms with van der Waals surface area (Å²) in [5.74, 6) is 0. The fourth-order valence-corrected chi connectivity index (χ4v) is 2.50. The highest BCUT2D eigenvalue weighted by atomic mass is 35.5. The molecule has 2 heteroatoms. The van der Waals surface area contributed by atoms with Crippen LogP contribution in [0, 0.1) is 13.8 Å². The summed E-state index contributed by atoms with van der Waals surface area (Å²) in [5, 5.41) is 4.39. The van der Waals surface area contributed by atoms with Crippen LogP contribution < -0.4 is 5.32 Å². The average molecular weight is 288 g/mol. The van der Waals surface area contributed by atoms with Gasteiger partial charge in [-0.25, -0.2) is 0 Å².